The van der Waals surface area contributed by atoms with Crippen LogP contribution in [0, 0.1) is 0 Å². The minimum absolute atomic E-state index is 0.0294. The number of hydrogen-bond acceptors (Lipinski definition) is 3. The van der Waals surface area contributed by atoms with E-state index in [2.05, 4.69) is 6.58 Å². The molecule has 0 bridgehead atoms. The van der Waals surface area contributed by atoms with Gasteiger partial charge in [0.25, 0.3) is 0 Å². The lowest BCUT2D eigenvalue weighted by Crippen LogP contribution is -2.07. The molecule has 0 amide bonds. The predicted molar refractivity (Wildman–Crippen MR) is 69.4 cm³/mol. The summed E-state index contributed by atoms with van der Waals surface area (Å²) in [6, 6.07) is 9.78. The number of carbonyl (C=O) groups excluding carboxylic acids is 1. The van der Waals surface area contributed by atoms with Crippen molar-refractivity contribution in [3.8, 4) is 5.75 Å². The molecule has 0 N–H and O–H groups in total. The van der Waals surface area contributed by atoms with Crippen LogP contribution in [0.25, 0.3) is 0 Å². The van der Waals surface area contributed by atoms with Crippen molar-refractivity contribution in [1.82, 2.24) is 0 Å². The smallest absolute Gasteiger partial charge is 0.333 e. The number of carbonyl (C=O) groups is 1. The van der Waals surface area contributed by atoms with Crippen molar-refractivity contribution < 1.29 is 14.3 Å². The van der Waals surface area contributed by atoms with Crippen LogP contribution in [0.15, 0.2) is 42.5 Å². The number of unbranched alkanes of at least 4 members (excludes halogenated alkanes) is 1. The maximum Gasteiger partial charge on any atom is 0.333 e. The van der Waals surface area contributed by atoms with Crippen molar-refractivity contribution >= 4 is 5.97 Å². The molecule has 1 aliphatic heterocycles. The second-order valence-corrected chi connectivity index (χ2v) is 4.49. The lowest BCUT2D eigenvalue weighted by atomic mass is 10.1. The number of para-hydroxylation sites is 1. The van der Waals surface area contributed by atoms with Crippen LogP contribution >= 0.6 is 0 Å². The molecule has 0 spiro atoms. The number of rotatable bonds is 6. The number of cyclic esters (lactones) is 1. The zero-order valence-corrected chi connectivity index (χ0v) is 10.4. The van der Waals surface area contributed by atoms with Gasteiger partial charge >= 0.3 is 5.97 Å². The van der Waals surface area contributed by atoms with Gasteiger partial charge < -0.3 is 9.47 Å². The average molecular weight is 246 g/mol. The Morgan fingerprint density at radius 3 is 2.72 bits per heavy atom. The third kappa shape index (κ3) is 3.62. The molecule has 1 atom stereocenters. The summed E-state index contributed by atoms with van der Waals surface area (Å²) in [5.74, 6) is 0.665. The number of esters is 1. The Balaban J connectivity index is 1.57. The monoisotopic (exact) mass is 246 g/mol. The van der Waals surface area contributed by atoms with Gasteiger partial charge in [-0.3, -0.25) is 0 Å². The lowest BCUT2D eigenvalue weighted by molar-refractivity contribution is -0.139. The molecule has 18 heavy (non-hydrogen) atoms. The van der Waals surface area contributed by atoms with Crippen molar-refractivity contribution in [2.24, 2.45) is 0 Å². The van der Waals surface area contributed by atoms with Crippen LogP contribution in [-0.4, -0.2) is 18.7 Å². The Morgan fingerprint density at radius 2 is 2.06 bits per heavy atom. The molecule has 0 aliphatic carbocycles. The first-order chi connectivity index (χ1) is 8.75. The van der Waals surface area contributed by atoms with Crippen LogP contribution in [-0.2, 0) is 9.53 Å². The molecule has 0 saturated carbocycles. The van der Waals surface area contributed by atoms with Crippen LogP contribution in [0.4, 0.5) is 0 Å². The first-order valence-electron chi connectivity index (χ1n) is 6.32. The summed E-state index contributed by atoms with van der Waals surface area (Å²) in [6.45, 7) is 4.37. The summed E-state index contributed by atoms with van der Waals surface area (Å²) in [4.78, 5) is 11.1. The van der Waals surface area contributed by atoms with Gasteiger partial charge in [0.1, 0.15) is 11.9 Å². The van der Waals surface area contributed by atoms with E-state index in [9.17, 15) is 4.79 Å². The second kappa shape index (κ2) is 6.24. The zero-order chi connectivity index (χ0) is 12.8. The van der Waals surface area contributed by atoms with E-state index >= 15 is 0 Å². The fourth-order valence-corrected chi connectivity index (χ4v) is 1.98. The largest absolute Gasteiger partial charge is 0.494 e. The molecule has 1 heterocycles. The summed E-state index contributed by atoms with van der Waals surface area (Å²) in [5, 5.41) is 0. The van der Waals surface area contributed by atoms with Crippen LogP contribution in [0.1, 0.15) is 25.7 Å². The van der Waals surface area contributed by atoms with Gasteiger partial charge in [0.15, 0.2) is 0 Å². The highest BCUT2D eigenvalue weighted by Crippen LogP contribution is 2.22. The maximum absolute atomic E-state index is 11.1. The Bertz CT molecular complexity index is 395. The van der Waals surface area contributed by atoms with Crippen molar-refractivity contribution in [3.63, 3.8) is 0 Å². The number of hydrogen-bond donors (Lipinski definition) is 0. The quantitative estimate of drug-likeness (QED) is 0.439. The molecule has 96 valence electrons. The Labute approximate surface area is 107 Å². The predicted octanol–water partition coefficient (Wildman–Crippen LogP) is 3.11. The highest BCUT2D eigenvalue weighted by molar-refractivity contribution is 5.89. The highest BCUT2D eigenvalue weighted by Gasteiger charge is 2.26. The van der Waals surface area contributed by atoms with E-state index in [-0.39, 0.29) is 12.1 Å². The van der Waals surface area contributed by atoms with E-state index in [1.165, 1.54) is 0 Å². The minimum atomic E-state index is -0.236. The van der Waals surface area contributed by atoms with E-state index in [1.807, 2.05) is 30.3 Å². The van der Waals surface area contributed by atoms with Gasteiger partial charge in [-0.1, -0.05) is 24.8 Å². The molecule has 1 aromatic carbocycles. The standard InChI is InChI=1S/C15H18O3/c1-12-11-14(18-15(12)16)9-5-6-10-17-13-7-3-2-4-8-13/h2-4,7-8,14H,1,5-6,9-11H2. The SMILES string of the molecule is C=C1CC(CCCCOc2ccccc2)OC1=O. The molecule has 3 nitrogen and oxygen atoms in total. The Kier molecular flexibility index (Phi) is 4.40. The van der Waals surface area contributed by atoms with Crippen molar-refractivity contribution in [2.75, 3.05) is 6.61 Å². The molecule has 0 aromatic heterocycles. The van der Waals surface area contributed by atoms with Crippen LogP contribution in [0.3, 0.4) is 0 Å². The highest BCUT2D eigenvalue weighted by atomic mass is 16.5. The number of ether oxygens (including phenoxy) is 2. The summed E-state index contributed by atoms with van der Waals surface area (Å²) in [5.41, 5.74) is 0.598. The van der Waals surface area contributed by atoms with E-state index in [0.29, 0.717) is 18.6 Å². The lowest BCUT2D eigenvalue weighted by Gasteiger charge is -2.09. The molecule has 1 aromatic rings. The third-order valence-electron chi connectivity index (χ3n) is 2.97. The normalized spacial score (nSPS) is 18.8. The summed E-state index contributed by atoms with van der Waals surface area (Å²) in [7, 11) is 0. The van der Waals surface area contributed by atoms with Crippen LogP contribution in [0.2, 0.25) is 0 Å². The Hall–Kier alpha value is -1.77. The summed E-state index contributed by atoms with van der Waals surface area (Å²) in [6.07, 6.45) is 3.57. The molecular weight excluding hydrogens is 228 g/mol. The van der Waals surface area contributed by atoms with Crippen molar-refractivity contribution in [3.05, 3.63) is 42.5 Å². The third-order valence-corrected chi connectivity index (χ3v) is 2.97. The molecule has 1 fully saturated rings. The van der Waals surface area contributed by atoms with Gasteiger partial charge in [-0.05, 0) is 31.4 Å². The summed E-state index contributed by atoms with van der Waals surface area (Å²) >= 11 is 0. The topological polar surface area (TPSA) is 35.5 Å². The minimum Gasteiger partial charge on any atom is -0.494 e. The van der Waals surface area contributed by atoms with E-state index < -0.39 is 0 Å². The Morgan fingerprint density at radius 1 is 1.28 bits per heavy atom. The molecule has 1 aliphatic rings. The molecule has 1 unspecified atom stereocenters. The van der Waals surface area contributed by atoms with Gasteiger partial charge in [-0.25, -0.2) is 4.79 Å². The summed E-state index contributed by atoms with van der Waals surface area (Å²) < 4.78 is 10.7. The zero-order valence-electron chi connectivity index (χ0n) is 10.4. The van der Waals surface area contributed by atoms with Crippen molar-refractivity contribution in [1.29, 1.82) is 0 Å². The maximum atomic E-state index is 11.1. The van der Waals surface area contributed by atoms with Gasteiger partial charge in [0, 0.05) is 12.0 Å². The fraction of sp³-hybridized carbons (Fsp3) is 0.400. The fourth-order valence-electron chi connectivity index (χ4n) is 1.98. The number of benzene rings is 1. The van der Waals surface area contributed by atoms with Crippen LogP contribution in [0.5, 0.6) is 5.75 Å². The van der Waals surface area contributed by atoms with Gasteiger partial charge in [-0.2, -0.15) is 0 Å². The van der Waals surface area contributed by atoms with Crippen LogP contribution < -0.4 is 4.74 Å². The van der Waals surface area contributed by atoms with Gasteiger partial charge in [-0.15, -0.1) is 0 Å². The molecule has 1 saturated heterocycles. The van der Waals surface area contributed by atoms with E-state index in [1.54, 1.807) is 0 Å². The molecule has 0 radical (unpaired) electrons. The average Bonchev–Trinajstić information content (AvgIpc) is 2.70. The first kappa shape index (κ1) is 12.7. The molecule has 3 heteroatoms. The van der Waals surface area contributed by atoms with E-state index in [4.69, 9.17) is 9.47 Å². The second-order valence-electron chi connectivity index (χ2n) is 4.49. The van der Waals surface area contributed by atoms with Gasteiger partial charge in [0.2, 0.25) is 0 Å². The van der Waals surface area contributed by atoms with Crippen molar-refractivity contribution in [2.45, 2.75) is 31.8 Å². The first-order valence-corrected chi connectivity index (χ1v) is 6.32. The van der Waals surface area contributed by atoms with E-state index in [0.717, 1.165) is 25.0 Å². The van der Waals surface area contributed by atoms with Gasteiger partial charge in [0.05, 0.1) is 6.61 Å². The molecule has 2 rings (SSSR count). The molecular formula is C15H18O3.